The minimum atomic E-state index is -3.98. The maximum atomic E-state index is 13.6. The van der Waals surface area contributed by atoms with Crippen molar-refractivity contribution in [1.82, 2.24) is 5.32 Å². The molecule has 5 nitrogen and oxygen atoms in total. The Balaban J connectivity index is 2.08. The first kappa shape index (κ1) is 20.9. The van der Waals surface area contributed by atoms with Crippen LogP contribution in [0.15, 0.2) is 83.8 Å². The monoisotopic (exact) mass is 428 g/mol. The molecule has 0 radical (unpaired) electrons. The molecule has 1 amide bonds. The van der Waals surface area contributed by atoms with E-state index >= 15 is 0 Å². The predicted octanol–water partition coefficient (Wildman–Crippen LogP) is 4.49. The molecular weight excluding hydrogens is 408 g/mol. The van der Waals surface area contributed by atoms with Crippen LogP contribution < -0.4 is 9.62 Å². The van der Waals surface area contributed by atoms with Crippen molar-refractivity contribution in [2.45, 2.75) is 18.4 Å². The number of rotatable bonds is 7. The number of amides is 1. The van der Waals surface area contributed by atoms with Gasteiger partial charge in [-0.15, -0.1) is 0 Å². The second-order valence-electron chi connectivity index (χ2n) is 6.34. The Kier molecular flexibility index (Phi) is 6.56. The van der Waals surface area contributed by atoms with Crippen molar-refractivity contribution < 1.29 is 13.2 Å². The lowest BCUT2D eigenvalue weighted by Gasteiger charge is -2.26. The molecule has 0 unspecified atom stereocenters. The second-order valence-corrected chi connectivity index (χ2v) is 8.61. The summed E-state index contributed by atoms with van der Waals surface area (Å²) in [6, 6.07) is 22.1. The summed E-state index contributed by atoms with van der Waals surface area (Å²) in [5, 5.41) is 3.01. The van der Waals surface area contributed by atoms with Crippen LogP contribution in [0.2, 0.25) is 5.02 Å². The van der Waals surface area contributed by atoms with Gasteiger partial charge < -0.3 is 5.32 Å². The molecule has 0 saturated carbocycles. The standard InChI is InChI=1S/C22H21ClN2O3S/c1-2-24-22(26)18-11-8-12-19(15-18)29(27,28)25(16-17-9-4-3-5-10-17)21-14-7-6-13-20(21)23/h3-15H,2,16H2,1H3,(H,24,26). The molecule has 0 atom stereocenters. The predicted molar refractivity (Wildman–Crippen MR) is 116 cm³/mol. The van der Waals surface area contributed by atoms with Crippen LogP contribution in [0.25, 0.3) is 0 Å². The molecule has 0 aliphatic rings. The highest BCUT2D eigenvalue weighted by atomic mass is 35.5. The third kappa shape index (κ3) is 4.78. The number of nitrogens with one attached hydrogen (secondary N) is 1. The third-order valence-corrected chi connectivity index (χ3v) is 6.39. The van der Waals surface area contributed by atoms with E-state index in [2.05, 4.69) is 5.32 Å². The van der Waals surface area contributed by atoms with Gasteiger partial charge in [-0.3, -0.25) is 9.10 Å². The maximum Gasteiger partial charge on any atom is 0.264 e. The summed E-state index contributed by atoms with van der Waals surface area (Å²) >= 11 is 6.33. The molecule has 0 aliphatic heterocycles. The van der Waals surface area contributed by atoms with Crippen LogP contribution in [-0.4, -0.2) is 20.9 Å². The summed E-state index contributed by atoms with van der Waals surface area (Å²) < 4.78 is 28.4. The minimum Gasteiger partial charge on any atom is -0.352 e. The van der Waals surface area contributed by atoms with Crippen LogP contribution in [0.4, 0.5) is 5.69 Å². The highest BCUT2D eigenvalue weighted by Gasteiger charge is 2.27. The van der Waals surface area contributed by atoms with Crippen molar-refractivity contribution in [3.05, 3.63) is 95.0 Å². The first-order valence-corrected chi connectivity index (χ1v) is 10.9. The summed E-state index contributed by atoms with van der Waals surface area (Å²) in [5.74, 6) is -0.322. The molecule has 3 rings (SSSR count). The van der Waals surface area contributed by atoms with E-state index in [1.807, 2.05) is 30.3 Å². The number of halogens is 1. The number of carbonyl (C=O) groups is 1. The van der Waals surface area contributed by atoms with Gasteiger partial charge in [0, 0.05) is 12.1 Å². The van der Waals surface area contributed by atoms with Gasteiger partial charge in [-0.25, -0.2) is 8.42 Å². The number of benzene rings is 3. The van der Waals surface area contributed by atoms with E-state index in [0.717, 1.165) is 5.56 Å². The summed E-state index contributed by atoms with van der Waals surface area (Å²) in [5.41, 5.74) is 1.48. The smallest absolute Gasteiger partial charge is 0.264 e. The van der Waals surface area contributed by atoms with Gasteiger partial charge >= 0.3 is 0 Å². The summed E-state index contributed by atoms with van der Waals surface area (Å²) in [6.07, 6.45) is 0. The summed E-state index contributed by atoms with van der Waals surface area (Å²) in [7, 11) is -3.98. The molecule has 0 bridgehead atoms. The number of anilines is 1. The second kappa shape index (κ2) is 9.11. The number of carbonyl (C=O) groups excluding carboxylic acids is 1. The molecule has 150 valence electrons. The van der Waals surface area contributed by atoms with E-state index in [-0.39, 0.29) is 22.9 Å². The van der Waals surface area contributed by atoms with Gasteiger partial charge in [0.15, 0.2) is 0 Å². The number of nitrogens with zero attached hydrogens (tertiary/aromatic N) is 1. The lowest BCUT2D eigenvalue weighted by molar-refractivity contribution is 0.0955. The quantitative estimate of drug-likeness (QED) is 0.603. The van der Waals surface area contributed by atoms with Crippen molar-refractivity contribution >= 4 is 33.2 Å². The Hall–Kier alpha value is -2.83. The summed E-state index contributed by atoms with van der Waals surface area (Å²) in [6.45, 7) is 2.37. The molecular formula is C22H21ClN2O3S. The van der Waals surface area contributed by atoms with Crippen LogP contribution in [0, 0.1) is 0 Å². The van der Waals surface area contributed by atoms with Crippen molar-refractivity contribution in [3.8, 4) is 0 Å². The molecule has 1 N–H and O–H groups in total. The Bertz CT molecular complexity index is 1100. The van der Waals surface area contributed by atoms with Gasteiger partial charge in [-0.05, 0) is 42.8 Å². The van der Waals surface area contributed by atoms with Gasteiger partial charge in [-0.2, -0.15) is 0 Å². The van der Waals surface area contributed by atoms with E-state index in [9.17, 15) is 13.2 Å². The number of para-hydroxylation sites is 1. The van der Waals surface area contributed by atoms with Gasteiger partial charge in [0.2, 0.25) is 0 Å². The zero-order valence-electron chi connectivity index (χ0n) is 15.9. The Morgan fingerprint density at radius 2 is 1.66 bits per heavy atom. The molecule has 0 spiro atoms. The number of hydrogen-bond donors (Lipinski definition) is 1. The lowest BCUT2D eigenvalue weighted by atomic mass is 10.2. The fourth-order valence-corrected chi connectivity index (χ4v) is 4.70. The normalized spacial score (nSPS) is 11.1. The number of hydrogen-bond acceptors (Lipinski definition) is 3. The molecule has 29 heavy (non-hydrogen) atoms. The fourth-order valence-electron chi connectivity index (χ4n) is 2.89. The Labute approximate surface area is 176 Å². The maximum absolute atomic E-state index is 13.6. The average Bonchev–Trinajstić information content (AvgIpc) is 2.73. The molecule has 0 aromatic heterocycles. The number of sulfonamides is 1. The van der Waals surface area contributed by atoms with Crippen molar-refractivity contribution in [1.29, 1.82) is 0 Å². The van der Waals surface area contributed by atoms with Gasteiger partial charge in [0.1, 0.15) is 0 Å². The molecule has 0 saturated heterocycles. The zero-order chi connectivity index (χ0) is 20.9. The molecule has 7 heteroatoms. The third-order valence-electron chi connectivity index (χ3n) is 4.31. The molecule has 0 fully saturated rings. The fraction of sp³-hybridized carbons (Fsp3) is 0.136. The van der Waals surface area contributed by atoms with Crippen molar-refractivity contribution in [2.24, 2.45) is 0 Å². The van der Waals surface area contributed by atoms with Crippen LogP contribution in [0.1, 0.15) is 22.8 Å². The van der Waals surface area contributed by atoms with Crippen LogP contribution in [0.5, 0.6) is 0 Å². The largest absolute Gasteiger partial charge is 0.352 e. The first-order valence-electron chi connectivity index (χ1n) is 9.13. The van der Waals surface area contributed by atoms with Crippen molar-refractivity contribution in [2.75, 3.05) is 10.8 Å². The first-order chi connectivity index (χ1) is 13.9. The van der Waals surface area contributed by atoms with E-state index in [1.54, 1.807) is 43.3 Å². The Morgan fingerprint density at radius 1 is 0.966 bits per heavy atom. The molecule has 0 aliphatic carbocycles. The van der Waals surface area contributed by atoms with E-state index < -0.39 is 10.0 Å². The molecule has 3 aromatic rings. The van der Waals surface area contributed by atoms with E-state index in [0.29, 0.717) is 17.3 Å². The SMILES string of the molecule is CCNC(=O)c1cccc(S(=O)(=O)N(Cc2ccccc2)c2ccccc2Cl)c1. The highest BCUT2D eigenvalue weighted by Crippen LogP contribution is 2.32. The van der Waals surface area contributed by atoms with Gasteiger partial charge in [0.25, 0.3) is 15.9 Å². The molecule has 0 heterocycles. The zero-order valence-corrected chi connectivity index (χ0v) is 17.5. The summed E-state index contributed by atoms with van der Waals surface area (Å²) in [4.78, 5) is 12.2. The van der Waals surface area contributed by atoms with Gasteiger partial charge in [-0.1, -0.05) is 60.1 Å². The highest BCUT2D eigenvalue weighted by molar-refractivity contribution is 7.92. The van der Waals surface area contributed by atoms with E-state index in [4.69, 9.17) is 11.6 Å². The average molecular weight is 429 g/mol. The Morgan fingerprint density at radius 3 is 2.34 bits per heavy atom. The van der Waals surface area contributed by atoms with Gasteiger partial charge in [0.05, 0.1) is 22.2 Å². The van der Waals surface area contributed by atoms with Crippen LogP contribution in [0.3, 0.4) is 0 Å². The van der Waals surface area contributed by atoms with Crippen molar-refractivity contribution in [3.63, 3.8) is 0 Å². The topological polar surface area (TPSA) is 66.5 Å². The minimum absolute atomic E-state index is 0.0251. The van der Waals surface area contributed by atoms with Crippen LogP contribution >= 0.6 is 11.6 Å². The van der Waals surface area contributed by atoms with E-state index in [1.165, 1.54) is 16.4 Å². The van der Waals surface area contributed by atoms with Crippen LogP contribution in [-0.2, 0) is 16.6 Å². The molecule has 3 aromatic carbocycles. The lowest BCUT2D eigenvalue weighted by Crippen LogP contribution is -2.31.